The highest BCUT2D eigenvalue weighted by Crippen LogP contribution is 2.25. The highest BCUT2D eigenvalue weighted by molar-refractivity contribution is 5.83. The second-order valence-electron chi connectivity index (χ2n) is 4.82. The Balaban J connectivity index is 2.33. The highest BCUT2D eigenvalue weighted by atomic mass is 16.5. The van der Waals surface area contributed by atoms with E-state index in [-0.39, 0.29) is 11.9 Å². The van der Waals surface area contributed by atoms with E-state index >= 15 is 0 Å². The average molecular weight is 279 g/mol. The molecule has 1 aromatic rings. The van der Waals surface area contributed by atoms with Gasteiger partial charge in [-0.1, -0.05) is 0 Å². The van der Waals surface area contributed by atoms with Gasteiger partial charge in [-0.2, -0.15) is 0 Å². The summed E-state index contributed by atoms with van der Waals surface area (Å²) in [5.41, 5.74) is 5.50. The predicted octanol–water partition coefficient (Wildman–Crippen LogP) is 0.509. The molecule has 1 aliphatic rings. The largest absolute Gasteiger partial charge is 0.377 e. The van der Waals surface area contributed by atoms with E-state index in [0.717, 1.165) is 31.6 Å². The van der Waals surface area contributed by atoms with Gasteiger partial charge < -0.3 is 20.7 Å². The lowest BCUT2D eigenvalue weighted by atomic mass is 10.0. The van der Waals surface area contributed by atoms with Gasteiger partial charge in [-0.3, -0.25) is 4.79 Å². The fraction of sp³-hybridized carbons (Fsp3) is 0.615. The van der Waals surface area contributed by atoms with E-state index in [4.69, 9.17) is 10.5 Å². The Bertz CT molecular complexity index is 480. The Kier molecular flexibility index (Phi) is 4.73. The Hall–Kier alpha value is -1.89. The van der Waals surface area contributed by atoms with E-state index in [1.165, 1.54) is 0 Å². The van der Waals surface area contributed by atoms with Gasteiger partial charge in [-0.25, -0.2) is 9.97 Å². The number of anilines is 2. The molecule has 0 spiro atoms. The summed E-state index contributed by atoms with van der Waals surface area (Å²) in [4.78, 5) is 22.4. The number of hydrogen-bond acceptors (Lipinski definition) is 6. The molecule has 7 heteroatoms. The number of amides is 1. The standard InChI is InChI=1S/C13H21N5O2/c1-15-10-7-12(17-11(16-10)8-20-2)18-6-4-3-5-9(18)13(14)19/h7,9H,3-6,8H2,1-2H3,(H2,14,19)(H,15,16,17). The van der Waals surface area contributed by atoms with Crippen molar-refractivity contribution >= 4 is 17.5 Å². The van der Waals surface area contributed by atoms with Crippen LogP contribution in [0.2, 0.25) is 0 Å². The Morgan fingerprint density at radius 2 is 2.35 bits per heavy atom. The van der Waals surface area contributed by atoms with E-state index in [0.29, 0.717) is 18.2 Å². The van der Waals surface area contributed by atoms with E-state index in [2.05, 4.69) is 15.3 Å². The number of carbonyl (C=O) groups excluding carboxylic acids is 1. The lowest BCUT2D eigenvalue weighted by Gasteiger charge is -2.34. The summed E-state index contributed by atoms with van der Waals surface area (Å²) in [6.07, 6.45) is 2.81. The normalized spacial score (nSPS) is 18.9. The minimum absolute atomic E-state index is 0.293. The zero-order valence-corrected chi connectivity index (χ0v) is 11.9. The fourth-order valence-corrected chi connectivity index (χ4v) is 2.45. The van der Waals surface area contributed by atoms with E-state index in [9.17, 15) is 4.79 Å². The molecule has 1 amide bonds. The lowest BCUT2D eigenvalue weighted by molar-refractivity contribution is -0.119. The van der Waals surface area contributed by atoms with Crippen LogP contribution in [0.25, 0.3) is 0 Å². The molecule has 7 nitrogen and oxygen atoms in total. The average Bonchev–Trinajstić information content (AvgIpc) is 2.47. The first kappa shape index (κ1) is 14.5. The minimum Gasteiger partial charge on any atom is -0.377 e. The van der Waals surface area contributed by atoms with Crippen LogP contribution in [0.5, 0.6) is 0 Å². The van der Waals surface area contributed by atoms with Gasteiger partial charge in [-0.15, -0.1) is 0 Å². The molecular weight excluding hydrogens is 258 g/mol. The smallest absolute Gasteiger partial charge is 0.240 e. The first-order valence-electron chi connectivity index (χ1n) is 6.76. The summed E-state index contributed by atoms with van der Waals surface area (Å²) in [5.74, 6) is 1.71. The molecule has 1 saturated heterocycles. The molecule has 1 atom stereocenters. The number of hydrogen-bond donors (Lipinski definition) is 2. The number of primary amides is 1. The number of ether oxygens (including phenoxy) is 1. The van der Waals surface area contributed by atoms with Gasteiger partial charge >= 0.3 is 0 Å². The van der Waals surface area contributed by atoms with Gasteiger partial charge in [0.15, 0.2) is 5.82 Å². The quantitative estimate of drug-likeness (QED) is 0.815. The second kappa shape index (κ2) is 6.51. The number of rotatable bonds is 5. The summed E-state index contributed by atoms with van der Waals surface area (Å²) in [7, 11) is 3.40. The third-order valence-electron chi connectivity index (χ3n) is 3.41. The maximum atomic E-state index is 11.6. The SMILES string of the molecule is CNc1cc(N2CCCCC2C(N)=O)nc(COC)n1. The van der Waals surface area contributed by atoms with Gasteiger partial charge in [0.25, 0.3) is 0 Å². The van der Waals surface area contributed by atoms with Gasteiger partial charge in [0.1, 0.15) is 24.3 Å². The van der Waals surface area contributed by atoms with E-state index < -0.39 is 0 Å². The second-order valence-corrected chi connectivity index (χ2v) is 4.82. The maximum absolute atomic E-state index is 11.6. The van der Waals surface area contributed by atoms with Crippen molar-refractivity contribution in [3.05, 3.63) is 11.9 Å². The summed E-state index contributed by atoms with van der Waals surface area (Å²) in [5, 5.41) is 3.00. The Morgan fingerprint density at radius 1 is 1.55 bits per heavy atom. The van der Waals surface area contributed by atoms with Crippen LogP contribution in [0.3, 0.4) is 0 Å². The first-order chi connectivity index (χ1) is 9.65. The molecular formula is C13H21N5O2. The van der Waals surface area contributed by atoms with Crippen LogP contribution >= 0.6 is 0 Å². The van der Waals surface area contributed by atoms with Crippen molar-refractivity contribution in [3.8, 4) is 0 Å². The number of nitrogens with one attached hydrogen (secondary N) is 1. The van der Waals surface area contributed by atoms with Crippen LogP contribution in [-0.2, 0) is 16.1 Å². The molecule has 0 radical (unpaired) electrons. The van der Waals surface area contributed by atoms with Crippen molar-refractivity contribution in [1.82, 2.24) is 9.97 Å². The molecule has 0 aromatic carbocycles. The molecule has 0 bridgehead atoms. The third kappa shape index (κ3) is 3.16. The van der Waals surface area contributed by atoms with Crippen molar-refractivity contribution in [3.63, 3.8) is 0 Å². The highest BCUT2D eigenvalue weighted by Gasteiger charge is 2.28. The molecule has 2 heterocycles. The monoisotopic (exact) mass is 279 g/mol. The number of nitrogens with zero attached hydrogens (tertiary/aromatic N) is 3. The van der Waals surface area contributed by atoms with Crippen LogP contribution in [0.4, 0.5) is 11.6 Å². The van der Waals surface area contributed by atoms with E-state index in [1.54, 1.807) is 14.2 Å². The van der Waals surface area contributed by atoms with Crippen molar-refractivity contribution in [2.45, 2.75) is 31.9 Å². The summed E-state index contributed by atoms with van der Waals surface area (Å²) < 4.78 is 5.08. The summed E-state index contributed by atoms with van der Waals surface area (Å²) in [6.45, 7) is 1.11. The van der Waals surface area contributed by atoms with Crippen LogP contribution in [-0.4, -0.2) is 42.6 Å². The number of piperidine rings is 1. The summed E-state index contributed by atoms with van der Waals surface area (Å²) >= 11 is 0. The number of methoxy groups -OCH3 is 1. The molecule has 20 heavy (non-hydrogen) atoms. The zero-order valence-electron chi connectivity index (χ0n) is 11.9. The van der Waals surface area contributed by atoms with Gasteiger partial charge in [0.05, 0.1) is 0 Å². The van der Waals surface area contributed by atoms with Crippen molar-refractivity contribution in [2.24, 2.45) is 5.73 Å². The van der Waals surface area contributed by atoms with Crippen LogP contribution in [0.1, 0.15) is 25.1 Å². The number of aromatic nitrogens is 2. The van der Waals surface area contributed by atoms with Crippen molar-refractivity contribution in [2.75, 3.05) is 30.9 Å². The Labute approximate surface area is 118 Å². The Morgan fingerprint density at radius 3 is 3.00 bits per heavy atom. The van der Waals surface area contributed by atoms with Crippen molar-refractivity contribution < 1.29 is 9.53 Å². The topological polar surface area (TPSA) is 93.4 Å². The van der Waals surface area contributed by atoms with Crippen LogP contribution in [0.15, 0.2) is 6.07 Å². The van der Waals surface area contributed by atoms with Crippen molar-refractivity contribution in [1.29, 1.82) is 0 Å². The third-order valence-corrected chi connectivity index (χ3v) is 3.41. The van der Waals surface area contributed by atoms with Crippen LogP contribution in [0, 0.1) is 0 Å². The molecule has 0 saturated carbocycles. The molecule has 1 aromatic heterocycles. The minimum atomic E-state index is -0.303. The predicted molar refractivity (Wildman–Crippen MR) is 76.5 cm³/mol. The van der Waals surface area contributed by atoms with Crippen LogP contribution < -0.4 is 16.0 Å². The number of carbonyl (C=O) groups is 1. The molecule has 1 aliphatic heterocycles. The molecule has 0 aliphatic carbocycles. The molecule has 1 fully saturated rings. The fourth-order valence-electron chi connectivity index (χ4n) is 2.45. The summed E-state index contributed by atoms with van der Waals surface area (Å²) in [6, 6.07) is 1.54. The van der Waals surface area contributed by atoms with Gasteiger partial charge in [0, 0.05) is 26.8 Å². The maximum Gasteiger partial charge on any atom is 0.240 e. The molecule has 2 rings (SSSR count). The number of nitrogens with two attached hydrogens (primary N) is 1. The molecule has 110 valence electrons. The zero-order chi connectivity index (χ0) is 14.5. The van der Waals surface area contributed by atoms with Gasteiger partial charge in [-0.05, 0) is 19.3 Å². The molecule has 3 N–H and O–H groups in total. The van der Waals surface area contributed by atoms with E-state index in [1.807, 2.05) is 11.0 Å². The lowest BCUT2D eigenvalue weighted by Crippen LogP contribution is -2.48. The first-order valence-corrected chi connectivity index (χ1v) is 6.76. The van der Waals surface area contributed by atoms with Gasteiger partial charge in [0.2, 0.25) is 5.91 Å². The molecule has 1 unspecified atom stereocenters.